The van der Waals surface area contributed by atoms with Gasteiger partial charge in [-0.15, -0.1) is 0 Å². The minimum absolute atomic E-state index is 0.253. The number of hydrogen-bond donors (Lipinski definition) is 24. The van der Waals surface area contributed by atoms with E-state index in [2.05, 4.69) is 5.32 Å². The highest BCUT2D eigenvalue weighted by atomic mass is 16.8. The van der Waals surface area contributed by atoms with Gasteiger partial charge in [-0.05, 0) is 14.1 Å². The largest absolute Gasteiger partial charge is 0.394 e. The normalized spacial score (nSPS) is 53.1. The molecule has 30 rings (SSSR count). The molecule has 41 heteroatoms. The third-order valence-corrected chi connectivity index (χ3v) is 17.8. The number of aliphatic hydroxyl groups excluding tert-OH is 23. The standard InChI is InChI=1S/C52H90N2O39/c1-54(2)4-3-53-5-13-37-21(62)29(70)45(78-13)87-38-14(6-55)80-47(31(72)23(38)64)89-40-16(8-57)82-49(33(74)25(40)66)91-42-18(10-59)84-51(35(76)27(42)68)93-44-20(12-61)85-52(36(77)28(44)69)92-43-19(11-60)83-50(34(75)26(43)67)90-41-17(9-58)81-48(32(73)24(41)65)88-39-15(7-56)79-46(86-37)30(71)22(39)63/h13-53,55-77H,3-12H2,1-2H3/t13-,14-,15-,16-,17-,18-,19-,20-,21-,22-,23+,24-,25+,26-,27-,28+,29-,30-,31+,32-,33+,34-,35-,36+,37-,38-,39-,40-,41-,42-,43-,44-,45-,46-,47-,48-,49-,50-,51-,52-/m1/s1. The number of rotatable bonds is 12. The van der Waals surface area contributed by atoms with Gasteiger partial charge in [0.15, 0.2) is 50.3 Å². The minimum atomic E-state index is -2.24. The Balaban J connectivity index is 0.990. The van der Waals surface area contributed by atoms with Crippen LogP contribution in [0.25, 0.3) is 0 Å². The second kappa shape index (κ2) is 32.8. The molecule has 30 saturated heterocycles. The van der Waals surface area contributed by atoms with Crippen LogP contribution in [0.3, 0.4) is 0 Å². The van der Waals surface area contributed by atoms with E-state index in [9.17, 15) is 117 Å². The van der Waals surface area contributed by atoms with E-state index < -0.39 is 292 Å². The van der Waals surface area contributed by atoms with Crippen LogP contribution in [0.5, 0.6) is 0 Å². The van der Waals surface area contributed by atoms with Crippen LogP contribution in [0, 0.1) is 0 Å². The van der Waals surface area contributed by atoms with Gasteiger partial charge in [0.25, 0.3) is 0 Å². The molecular formula is C52H90N2O39. The second-order valence-corrected chi connectivity index (χ2v) is 24.3. The van der Waals surface area contributed by atoms with Crippen molar-refractivity contribution in [3.05, 3.63) is 0 Å². The molecule has 30 heterocycles. The Morgan fingerprint density at radius 3 is 0.527 bits per heavy atom. The lowest BCUT2D eigenvalue weighted by Gasteiger charge is -2.50. The fraction of sp³-hybridized carbons (Fsp3) is 1.00. The van der Waals surface area contributed by atoms with Gasteiger partial charge in [0.05, 0.1) is 46.2 Å². The van der Waals surface area contributed by atoms with Crippen molar-refractivity contribution in [2.75, 3.05) is 80.0 Å². The summed E-state index contributed by atoms with van der Waals surface area (Å²) >= 11 is 0. The Bertz CT molecular complexity index is 2250. The third-order valence-electron chi connectivity index (χ3n) is 17.8. The van der Waals surface area contributed by atoms with Crippen molar-refractivity contribution in [1.29, 1.82) is 0 Å². The smallest absolute Gasteiger partial charge is 0.187 e. The van der Waals surface area contributed by atoms with Crippen molar-refractivity contribution in [2.45, 2.75) is 246 Å². The minimum Gasteiger partial charge on any atom is -0.394 e. The number of ether oxygens (including phenoxy) is 16. The van der Waals surface area contributed by atoms with Crippen molar-refractivity contribution < 1.29 is 193 Å². The van der Waals surface area contributed by atoms with Crippen LogP contribution in [0.4, 0.5) is 0 Å². The monoisotopic (exact) mass is 1370 g/mol. The van der Waals surface area contributed by atoms with E-state index in [-0.39, 0.29) is 13.1 Å². The molecule has 0 aliphatic carbocycles. The Hall–Kier alpha value is -1.64. The molecule has 0 amide bonds. The molecule has 0 spiro atoms. The van der Waals surface area contributed by atoms with E-state index in [0.717, 1.165) is 0 Å². The maximum Gasteiger partial charge on any atom is 0.187 e. The van der Waals surface area contributed by atoms with Gasteiger partial charge in [-0.3, -0.25) is 0 Å². The Morgan fingerprint density at radius 1 is 0.226 bits per heavy atom. The van der Waals surface area contributed by atoms with Crippen molar-refractivity contribution in [1.82, 2.24) is 10.2 Å². The fourth-order valence-electron chi connectivity index (χ4n) is 12.5. The average molecular weight is 1370 g/mol. The molecular weight excluding hydrogens is 1280 g/mol. The molecule has 30 aliphatic rings. The molecule has 41 nitrogen and oxygen atoms in total. The quantitative estimate of drug-likeness (QED) is 0.0807. The maximum atomic E-state index is 11.8. The van der Waals surface area contributed by atoms with E-state index >= 15 is 0 Å². The van der Waals surface area contributed by atoms with Gasteiger partial charge in [0.2, 0.25) is 0 Å². The summed E-state index contributed by atoms with van der Waals surface area (Å²) in [7, 11) is 3.53. The lowest BCUT2D eigenvalue weighted by Crippen LogP contribution is -2.69. The first-order chi connectivity index (χ1) is 44.2. The van der Waals surface area contributed by atoms with Crippen molar-refractivity contribution in [2.24, 2.45) is 0 Å². The SMILES string of the molecule is CN(C)CCNC[C@H]1O[C@@H]2O[C@H]3[C@@H](O)[C@H](O)[C@@H](O[C@H]4[C@@H](O)[C@H](O)[C@@H](O[C@H]5[C@H](O)[C@@H](O)[C@@H](O[C@H]6[C@@H](O)[C@H](O)[C@@H](O[C@H]7[C@H](O)[C@@H](O)[C@@H](O[C@H]8[C@H](O)[C@@H](O)[C@@H](O[C@H]9[C@H](O)[C@@H](O)[C@@H](O[C@H]1[C@H](O)[C@H]2O)O[C@@H]9CO)O[C@@H]8CO)O[C@@H]7CO)O[C@@H]6CO)O[C@@H]5CO)O[C@@H]4CO)O[C@@H]3CO. The molecule has 542 valence electrons. The molecule has 40 atom stereocenters. The van der Waals surface area contributed by atoms with E-state index in [1.807, 2.05) is 0 Å². The molecule has 93 heavy (non-hydrogen) atoms. The van der Waals surface area contributed by atoms with Crippen LogP contribution in [0.2, 0.25) is 0 Å². The highest BCUT2D eigenvalue weighted by Crippen LogP contribution is 2.40. The first-order valence-corrected chi connectivity index (χ1v) is 30.2. The van der Waals surface area contributed by atoms with E-state index in [4.69, 9.17) is 75.8 Å². The van der Waals surface area contributed by atoms with Crippen LogP contribution >= 0.6 is 0 Å². The summed E-state index contributed by atoms with van der Waals surface area (Å²) in [6, 6.07) is 0. The Kier molecular flexibility index (Phi) is 26.6. The molecule has 0 aromatic rings. The second-order valence-electron chi connectivity index (χ2n) is 24.3. The van der Waals surface area contributed by atoms with Crippen molar-refractivity contribution in [3.8, 4) is 0 Å². The summed E-state index contributed by atoms with van der Waals surface area (Å²) in [5.41, 5.74) is 0. The maximum absolute atomic E-state index is 11.8. The molecule has 24 N–H and O–H groups in total. The highest BCUT2D eigenvalue weighted by molar-refractivity contribution is 5.03. The number of hydrogen-bond acceptors (Lipinski definition) is 41. The van der Waals surface area contributed by atoms with Gasteiger partial charge in [-0.25, -0.2) is 0 Å². The summed E-state index contributed by atoms with van der Waals surface area (Å²) in [6.07, 6.45) is -80.6. The van der Waals surface area contributed by atoms with Gasteiger partial charge >= 0.3 is 0 Å². The van der Waals surface area contributed by atoms with Crippen LogP contribution in [-0.4, -0.2) is 448 Å². The lowest BCUT2D eigenvalue weighted by molar-refractivity contribution is -0.403. The zero-order chi connectivity index (χ0) is 67.8. The number of nitrogens with zero attached hydrogens (tertiary/aromatic N) is 1. The first-order valence-electron chi connectivity index (χ1n) is 30.2. The summed E-state index contributed by atoms with van der Waals surface area (Å²) < 4.78 is 92.8. The Labute approximate surface area is 528 Å². The number of likely N-dealkylation sites (N-methyl/N-ethyl adjacent to an activating group) is 1. The van der Waals surface area contributed by atoms with Crippen LogP contribution in [-0.2, 0) is 75.8 Å². The third kappa shape index (κ3) is 15.8. The highest BCUT2D eigenvalue weighted by Gasteiger charge is 2.60. The predicted octanol–water partition coefficient (Wildman–Crippen LogP) is -17.2. The predicted molar refractivity (Wildman–Crippen MR) is 285 cm³/mol. The fourth-order valence-corrected chi connectivity index (χ4v) is 12.5. The topological polar surface area (TPSA) is 628 Å². The van der Waals surface area contributed by atoms with Gasteiger partial charge in [0.1, 0.15) is 195 Å². The molecule has 30 fully saturated rings. The lowest BCUT2D eigenvalue weighted by atomic mass is 9.94. The average Bonchev–Trinajstić information content (AvgIpc) is 0.800. The molecule has 30 aliphatic heterocycles. The zero-order valence-electron chi connectivity index (χ0n) is 49.9. The van der Waals surface area contributed by atoms with Gasteiger partial charge in [0, 0.05) is 19.6 Å². The first kappa shape index (κ1) is 75.6. The molecule has 0 radical (unpaired) electrons. The number of aliphatic hydroxyl groups is 23. The van der Waals surface area contributed by atoms with Gasteiger partial charge < -0.3 is 203 Å². The van der Waals surface area contributed by atoms with Crippen molar-refractivity contribution >= 4 is 0 Å². The summed E-state index contributed by atoms with van der Waals surface area (Å²) in [4.78, 5) is 1.80. The van der Waals surface area contributed by atoms with Crippen molar-refractivity contribution in [3.63, 3.8) is 0 Å². The zero-order valence-corrected chi connectivity index (χ0v) is 49.9. The van der Waals surface area contributed by atoms with E-state index in [0.29, 0.717) is 6.54 Å². The molecule has 16 bridgehead atoms. The van der Waals surface area contributed by atoms with Gasteiger partial charge in [-0.1, -0.05) is 0 Å². The van der Waals surface area contributed by atoms with Crippen LogP contribution in [0.15, 0.2) is 0 Å². The summed E-state index contributed by atoms with van der Waals surface area (Å²) in [6.45, 7) is -7.01. The molecule has 0 saturated carbocycles. The van der Waals surface area contributed by atoms with E-state index in [1.165, 1.54) is 0 Å². The Morgan fingerprint density at radius 2 is 0.376 bits per heavy atom. The number of nitrogens with one attached hydrogen (secondary N) is 1. The summed E-state index contributed by atoms with van der Waals surface area (Å²) in [5.74, 6) is 0. The van der Waals surface area contributed by atoms with Crippen LogP contribution < -0.4 is 5.32 Å². The molecule has 0 aromatic heterocycles. The van der Waals surface area contributed by atoms with E-state index in [1.54, 1.807) is 19.0 Å². The molecule has 0 unspecified atom stereocenters. The van der Waals surface area contributed by atoms with Gasteiger partial charge in [-0.2, -0.15) is 0 Å². The molecule has 0 aromatic carbocycles. The van der Waals surface area contributed by atoms with Crippen LogP contribution in [0.1, 0.15) is 0 Å². The summed E-state index contributed by atoms with van der Waals surface area (Å²) in [5, 5.41) is 260.